The van der Waals surface area contributed by atoms with Crippen molar-refractivity contribution in [3.8, 4) is 0 Å². The number of anilines is 1. The number of rotatable bonds is 4. The minimum absolute atomic E-state index is 0.0934. The molecular formula is C15H12N2O5. The van der Waals surface area contributed by atoms with Gasteiger partial charge in [0.1, 0.15) is 0 Å². The molecule has 4 N–H and O–H groups in total. The molecule has 7 nitrogen and oxygen atoms in total. The summed E-state index contributed by atoms with van der Waals surface area (Å²) in [5.74, 6) is -2.12. The number of amides is 2. The van der Waals surface area contributed by atoms with E-state index in [-0.39, 0.29) is 11.1 Å². The Morgan fingerprint density at radius 1 is 0.727 bits per heavy atom. The van der Waals surface area contributed by atoms with E-state index in [4.69, 9.17) is 10.3 Å². The lowest BCUT2D eigenvalue weighted by atomic mass is 10.1. The molecule has 0 unspecified atom stereocenters. The molecule has 0 aliphatic heterocycles. The number of hydrogen-bond donors (Lipinski definition) is 4. The Labute approximate surface area is 125 Å². The lowest BCUT2D eigenvalue weighted by Gasteiger charge is -2.06. The Balaban J connectivity index is 2.08. The molecule has 0 aliphatic rings. The zero-order valence-electron chi connectivity index (χ0n) is 11.2. The second kappa shape index (κ2) is 6.51. The summed E-state index contributed by atoms with van der Waals surface area (Å²) in [4.78, 5) is 33.9. The number of carbonyl (C=O) groups is 3. The van der Waals surface area contributed by atoms with E-state index in [0.717, 1.165) is 0 Å². The maximum absolute atomic E-state index is 12.0. The lowest BCUT2D eigenvalue weighted by Crippen LogP contribution is -2.18. The van der Waals surface area contributed by atoms with Crippen molar-refractivity contribution >= 4 is 23.5 Å². The quantitative estimate of drug-likeness (QED) is 0.507. The van der Waals surface area contributed by atoms with E-state index < -0.39 is 17.8 Å². The molecule has 0 radical (unpaired) electrons. The Hall–Kier alpha value is -3.19. The van der Waals surface area contributed by atoms with Crippen LogP contribution >= 0.6 is 0 Å². The first-order valence-electron chi connectivity index (χ1n) is 6.20. The van der Waals surface area contributed by atoms with Crippen molar-refractivity contribution in [1.82, 2.24) is 5.48 Å². The molecule has 0 aromatic heterocycles. The first-order chi connectivity index (χ1) is 10.5. The summed E-state index contributed by atoms with van der Waals surface area (Å²) in [6, 6.07) is 11.4. The summed E-state index contributed by atoms with van der Waals surface area (Å²) in [7, 11) is 0. The fourth-order valence-electron chi connectivity index (χ4n) is 1.74. The first-order valence-corrected chi connectivity index (χ1v) is 6.20. The van der Waals surface area contributed by atoms with Crippen LogP contribution in [0.15, 0.2) is 48.5 Å². The molecule has 2 rings (SSSR count). The van der Waals surface area contributed by atoms with Crippen LogP contribution in [0.4, 0.5) is 5.69 Å². The van der Waals surface area contributed by atoms with Crippen LogP contribution in [0.1, 0.15) is 31.1 Å². The Bertz CT molecular complexity index is 708. The van der Waals surface area contributed by atoms with Crippen molar-refractivity contribution in [3.63, 3.8) is 0 Å². The van der Waals surface area contributed by atoms with E-state index in [9.17, 15) is 14.4 Å². The first kappa shape index (κ1) is 15.2. The summed E-state index contributed by atoms with van der Waals surface area (Å²) >= 11 is 0. The molecule has 7 heteroatoms. The maximum Gasteiger partial charge on any atom is 0.335 e. The van der Waals surface area contributed by atoms with Crippen LogP contribution in [-0.4, -0.2) is 28.1 Å². The minimum Gasteiger partial charge on any atom is -0.478 e. The van der Waals surface area contributed by atoms with E-state index >= 15 is 0 Å². The van der Waals surface area contributed by atoms with Crippen LogP contribution in [0.2, 0.25) is 0 Å². The van der Waals surface area contributed by atoms with Crippen molar-refractivity contribution in [3.05, 3.63) is 65.2 Å². The van der Waals surface area contributed by atoms with Crippen molar-refractivity contribution in [1.29, 1.82) is 0 Å². The van der Waals surface area contributed by atoms with Crippen LogP contribution in [0.5, 0.6) is 0 Å². The van der Waals surface area contributed by atoms with E-state index in [1.165, 1.54) is 54.0 Å². The summed E-state index contributed by atoms with van der Waals surface area (Å²) < 4.78 is 0. The van der Waals surface area contributed by atoms with Gasteiger partial charge < -0.3 is 10.4 Å². The summed E-state index contributed by atoms with van der Waals surface area (Å²) in [5.41, 5.74) is 2.61. The molecule has 0 heterocycles. The second-order valence-electron chi connectivity index (χ2n) is 4.35. The average Bonchev–Trinajstić information content (AvgIpc) is 2.54. The third kappa shape index (κ3) is 3.47. The zero-order valence-corrected chi connectivity index (χ0v) is 11.2. The monoisotopic (exact) mass is 300 g/mol. The maximum atomic E-state index is 12.0. The third-order valence-electron chi connectivity index (χ3n) is 2.90. The van der Waals surface area contributed by atoms with Gasteiger partial charge in [0.25, 0.3) is 11.8 Å². The fourth-order valence-corrected chi connectivity index (χ4v) is 1.74. The number of benzene rings is 2. The van der Waals surface area contributed by atoms with Crippen molar-refractivity contribution in [2.75, 3.05) is 5.32 Å². The van der Waals surface area contributed by atoms with Gasteiger partial charge in [-0.1, -0.05) is 0 Å². The number of nitrogens with one attached hydrogen (secondary N) is 2. The van der Waals surface area contributed by atoms with Crippen LogP contribution in [-0.2, 0) is 0 Å². The highest BCUT2D eigenvalue weighted by Crippen LogP contribution is 2.12. The van der Waals surface area contributed by atoms with Crippen molar-refractivity contribution < 1.29 is 24.7 Å². The van der Waals surface area contributed by atoms with Gasteiger partial charge in [-0.05, 0) is 48.5 Å². The smallest absolute Gasteiger partial charge is 0.335 e. The fraction of sp³-hybridized carbons (Fsp3) is 0. The van der Waals surface area contributed by atoms with Crippen molar-refractivity contribution in [2.24, 2.45) is 0 Å². The van der Waals surface area contributed by atoms with Crippen molar-refractivity contribution in [2.45, 2.75) is 0 Å². The molecule has 22 heavy (non-hydrogen) atoms. The van der Waals surface area contributed by atoms with Crippen LogP contribution in [0, 0.1) is 0 Å². The predicted molar refractivity (Wildman–Crippen MR) is 77.0 cm³/mol. The van der Waals surface area contributed by atoms with Crippen LogP contribution in [0.3, 0.4) is 0 Å². The number of aromatic carboxylic acids is 1. The molecule has 2 amide bonds. The van der Waals surface area contributed by atoms with Gasteiger partial charge in [-0.25, -0.2) is 10.3 Å². The van der Waals surface area contributed by atoms with Gasteiger partial charge in [-0.2, -0.15) is 0 Å². The van der Waals surface area contributed by atoms with Gasteiger partial charge in [0.2, 0.25) is 0 Å². The Kier molecular flexibility index (Phi) is 4.50. The molecule has 0 atom stereocenters. The highest BCUT2D eigenvalue weighted by atomic mass is 16.5. The van der Waals surface area contributed by atoms with Gasteiger partial charge in [0.15, 0.2) is 0 Å². The number of carbonyl (C=O) groups excluding carboxylic acids is 2. The molecular weight excluding hydrogens is 288 g/mol. The molecule has 0 bridgehead atoms. The molecule has 0 spiro atoms. The molecule has 2 aromatic rings. The van der Waals surface area contributed by atoms with Gasteiger partial charge in [0.05, 0.1) is 5.56 Å². The van der Waals surface area contributed by atoms with E-state index in [0.29, 0.717) is 11.3 Å². The van der Waals surface area contributed by atoms with Gasteiger partial charge in [-0.3, -0.25) is 14.8 Å². The Morgan fingerprint density at radius 2 is 1.18 bits per heavy atom. The van der Waals surface area contributed by atoms with Crippen LogP contribution < -0.4 is 10.8 Å². The molecule has 0 saturated carbocycles. The van der Waals surface area contributed by atoms with Crippen LogP contribution in [0.25, 0.3) is 0 Å². The number of carboxylic acid groups (broad SMARTS) is 1. The van der Waals surface area contributed by atoms with Gasteiger partial charge >= 0.3 is 5.97 Å². The zero-order chi connectivity index (χ0) is 16.1. The predicted octanol–water partition coefficient (Wildman–Crippen LogP) is 1.76. The molecule has 0 aliphatic carbocycles. The summed E-state index contributed by atoms with van der Waals surface area (Å²) in [6.45, 7) is 0. The highest BCUT2D eigenvalue weighted by Gasteiger charge is 2.09. The SMILES string of the molecule is O=C(O)c1ccc(C(=O)Nc2ccc(C(=O)NO)cc2)cc1. The average molecular weight is 300 g/mol. The standard InChI is InChI=1S/C15H12N2O5/c18-13(9-1-3-11(4-2-9)15(20)21)16-12-7-5-10(6-8-12)14(19)17-22/h1-8,22H,(H,16,18)(H,17,19)(H,20,21). The number of carboxylic acids is 1. The summed E-state index contributed by atoms with van der Waals surface area (Å²) in [5, 5.41) is 19.9. The lowest BCUT2D eigenvalue weighted by molar-refractivity contribution is 0.0693. The van der Waals surface area contributed by atoms with E-state index in [2.05, 4.69) is 5.32 Å². The highest BCUT2D eigenvalue weighted by molar-refractivity contribution is 6.05. The van der Waals surface area contributed by atoms with E-state index in [1.54, 1.807) is 0 Å². The number of hydroxylamine groups is 1. The Morgan fingerprint density at radius 3 is 1.68 bits per heavy atom. The molecule has 112 valence electrons. The second-order valence-corrected chi connectivity index (χ2v) is 4.35. The molecule has 0 fully saturated rings. The topological polar surface area (TPSA) is 116 Å². The third-order valence-corrected chi connectivity index (χ3v) is 2.90. The minimum atomic E-state index is -1.07. The van der Waals surface area contributed by atoms with Gasteiger partial charge in [-0.15, -0.1) is 0 Å². The van der Waals surface area contributed by atoms with E-state index in [1.807, 2.05) is 0 Å². The normalized spacial score (nSPS) is 9.86. The molecule has 2 aromatic carbocycles. The molecule has 0 saturated heterocycles. The number of hydrogen-bond acceptors (Lipinski definition) is 4. The van der Waals surface area contributed by atoms with Gasteiger partial charge in [0, 0.05) is 16.8 Å². The summed E-state index contributed by atoms with van der Waals surface area (Å²) in [6.07, 6.45) is 0. The largest absolute Gasteiger partial charge is 0.478 e.